The van der Waals surface area contributed by atoms with Crippen molar-refractivity contribution in [3.63, 3.8) is 0 Å². The van der Waals surface area contributed by atoms with Crippen LogP contribution in [-0.4, -0.2) is 34.6 Å². The molecule has 4 heteroatoms. The molecule has 1 aliphatic carbocycles. The number of nitriles is 1. The summed E-state index contributed by atoms with van der Waals surface area (Å²) in [5, 5.41) is 18.4. The van der Waals surface area contributed by atoms with E-state index in [1.54, 1.807) is 0 Å². The molecule has 2 fully saturated rings. The van der Waals surface area contributed by atoms with E-state index in [-0.39, 0.29) is 5.92 Å². The van der Waals surface area contributed by atoms with E-state index in [0.29, 0.717) is 0 Å². The highest BCUT2D eigenvalue weighted by atomic mass is 16.4. The van der Waals surface area contributed by atoms with E-state index in [1.807, 2.05) is 0 Å². The fourth-order valence-electron chi connectivity index (χ4n) is 3.24. The van der Waals surface area contributed by atoms with E-state index in [4.69, 9.17) is 5.26 Å². The Balaban J connectivity index is 2.07. The first-order chi connectivity index (χ1) is 8.19. The van der Waals surface area contributed by atoms with E-state index in [9.17, 15) is 9.90 Å². The number of likely N-dealkylation sites (tertiary alicyclic amines) is 1. The Hall–Kier alpha value is -1.08. The third-order valence-electron chi connectivity index (χ3n) is 4.36. The molecule has 17 heavy (non-hydrogen) atoms. The van der Waals surface area contributed by atoms with Gasteiger partial charge in [-0.3, -0.25) is 9.69 Å². The van der Waals surface area contributed by atoms with Gasteiger partial charge in [-0.25, -0.2) is 0 Å². The minimum absolute atomic E-state index is 0.126. The predicted molar refractivity (Wildman–Crippen MR) is 63.4 cm³/mol. The van der Waals surface area contributed by atoms with Crippen LogP contribution in [0.25, 0.3) is 0 Å². The topological polar surface area (TPSA) is 64.3 Å². The maximum Gasteiger partial charge on any atom is 0.324 e. The Morgan fingerprint density at radius 3 is 2.29 bits per heavy atom. The fourth-order valence-corrected chi connectivity index (χ4v) is 3.24. The standard InChI is InChI=1S/C13H20N2O2/c14-10-11-4-8-15(9-5-11)13(12(16)17)6-2-1-3-7-13/h11H,1-9H2,(H,16,17). The number of carboxylic acids is 1. The van der Waals surface area contributed by atoms with Gasteiger partial charge >= 0.3 is 5.97 Å². The molecule has 94 valence electrons. The molecule has 2 aliphatic rings. The largest absolute Gasteiger partial charge is 0.480 e. The molecule has 0 aromatic heterocycles. The molecule has 0 unspecified atom stereocenters. The van der Waals surface area contributed by atoms with Crippen molar-refractivity contribution in [1.29, 1.82) is 5.26 Å². The summed E-state index contributed by atoms with van der Waals surface area (Å²) >= 11 is 0. The van der Waals surface area contributed by atoms with Crippen molar-refractivity contribution >= 4 is 5.97 Å². The monoisotopic (exact) mass is 236 g/mol. The van der Waals surface area contributed by atoms with Crippen LogP contribution in [0.3, 0.4) is 0 Å². The molecule has 0 bridgehead atoms. The van der Waals surface area contributed by atoms with Gasteiger partial charge in [0.05, 0.1) is 6.07 Å². The average Bonchev–Trinajstić information content (AvgIpc) is 2.39. The van der Waals surface area contributed by atoms with E-state index in [2.05, 4.69) is 11.0 Å². The number of piperidine rings is 1. The zero-order valence-corrected chi connectivity index (χ0v) is 10.2. The van der Waals surface area contributed by atoms with Crippen molar-refractivity contribution in [3.8, 4) is 6.07 Å². The summed E-state index contributed by atoms with van der Waals surface area (Å²) in [5.74, 6) is -0.534. The quantitative estimate of drug-likeness (QED) is 0.796. The summed E-state index contributed by atoms with van der Waals surface area (Å²) in [7, 11) is 0. The van der Waals surface area contributed by atoms with Crippen LogP contribution in [0, 0.1) is 17.2 Å². The first-order valence-electron chi connectivity index (χ1n) is 6.57. The lowest BCUT2D eigenvalue weighted by Gasteiger charge is -2.45. The molecule has 0 aromatic rings. The molecular formula is C13H20N2O2. The van der Waals surface area contributed by atoms with Crippen molar-refractivity contribution < 1.29 is 9.90 Å². The predicted octanol–water partition coefficient (Wildman–Crippen LogP) is 2.01. The zero-order valence-electron chi connectivity index (χ0n) is 10.2. The van der Waals surface area contributed by atoms with Gasteiger partial charge in [0.25, 0.3) is 0 Å². The van der Waals surface area contributed by atoms with Gasteiger partial charge in [0.1, 0.15) is 5.54 Å². The molecule has 1 N–H and O–H groups in total. The summed E-state index contributed by atoms with van der Waals surface area (Å²) in [5.41, 5.74) is -0.626. The summed E-state index contributed by atoms with van der Waals surface area (Å²) in [4.78, 5) is 13.7. The van der Waals surface area contributed by atoms with Crippen molar-refractivity contribution in [3.05, 3.63) is 0 Å². The third-order valence-corrected chi connectivity index (χ3v) is 4.36. The van der Waals surface area contributed by atoms with Gasteiger partial charge in [0.15, 0.2) is 0 Å². The molecule has 2 rings (SSSR count). The number of carboxylic acid groups (broad SMARTS) is 1. The van der Waals surface area contributed by atoms with E-state index < -0.39 is 11.5 Å². The molecule has 1 saturated carbocycles. The number of hydrogen-bond donors (Lipinski definition) is 1. The number of rotatable bonds is 2. The van der Waals surface area contributed by atoms with Crippen LogP contribution >= 0.6 is 0 Å². The SMILES string of the molecule is N#CC1CCN(C2(C(=O)O)CCCCC2)CC1. The van der Waals surface area contributed by atoms with Crippen LogP contribution in [-0.2, 0) is 4.79 Å². The van der Waals surface area contributed by atoms with Gasteiger partial charge in [0.2, 0.25) is 0 Å². The second kappa shape index (κ2) is 5.05. The number of nitrogens with zero attached hydrogens (tertiary/aromatic N) is 2. The molecule has 1 aliphatic heterocycles. The van der Waals surface area contributed by atoms with Crippen LogP contribution < -0.4 is 0 Å². The minimum atomic E-state index is -0.660. The Morgan fingerprint density at radius 2 is 1.82 bits per heavy atom. The molecule has 4 nitrogen and oxygen atoms in total. The molecule has 0 atom stereocenters. The summed E-state index contributed by atoms with van der Waals surface area (Å²) in [6, 6.07) is 2.30. The minimum Gasteiger partial charge on any atom is -0.480 e. The molecule has 1 heterocycles. The molecule has 0 amide bonds. The summed E-state index contributed by atoms with van der Waals surface area (Å²) in [6.45, 7) is 1.54. The van der Waals surface area contributed by atoms with E-state index in [1.165, 1.54) is 0 Å². The van der Waals surface area contributed by atoms with Crippen LogP contribution in [0.15, 0.2) is 0 Å². The number of carbonyl (C=O) groups is 1. The lowest BCUT2D eigenvalue weighted by Crippen LogP contribution is -2.57. The maximum atomic E-state index is 11.6. The van der Waals surface area contributed by atoms with Crippen LogP contribution in [0.5, 0.6) is 0 Å². The number of aliphatic carboxylic acids is 1. The second-order valence-corrected chi connectivity index (χ2v) is 5.29. The Kier molecular flexibility index (Phi) is 3.68. The second-order valence-electron chi connectivity index (χ2n) is 5.29. The molecule has 0 aromatic carbocycles. The van der Waals surface area contributed by atoms with E-state index in [0.717, 1.165) is 58.0 Å². The first-order valence-corrected chi connectivity index (χ1v) is 6.57. The molecule has 0 spiro atoms. The van der Waals surface area contributed by atoms with Crippen molar-refractivity contribution in [1.82, 2.24) is 4.90 Å². The molecule has 0 radical (unpaired) electrons. The normalized spacial score (nSPS) is 26.3. The highest BCUT2D eigenvalue weighted by molar-refractivity contribution is 5.79. The fraction of sp³-hybridized carbons (Fsp3) is 0.846. The van der Waals surface area contributed by atoms with E-state index >= 15 is 0 Å². The van der Waals surface area contributed by atoms with Gasteiger partial charge in [-0.05, 0) is 25.7 Å². The van der Waals surface area contributed by atoms with Crippen LogP contribution in [0.4, 0.5) is 0 Å². The van der Waals surface area contributed by atoms with Gasteiger partial charge in [-0.15, -0.1) is 0 Å². The van der Waals surface area contributed by atoms with Gasteiger partial charge in [-0.1, -0.05) is 19.3 Å². The molecule has 1 saturated heterocycles. The smallest absolute Gasteiger partial charge is 0.324 e. The zero-order chi connectivity index (χ0) is 12.3. The van der Waals surface area contributed by atoms with Crippen molar-refractivity contribution in [2.45, 2.75) is 50.5 Å². The number of hydrogen-bond acceptors (Lipinski definition) is 3. The van der Waals surface area contributed by atoms with Gasteiger partial charge in [0, 0.05) is 19.0 Å². The Morgan fingerprint density at radius 1 is 1.24 bits per heavy atom. The van der Waals surface area contributed by atoms with Crippen LogP contribution in [0.1, 0.15) is 44.9 Å². The van der Waals surface area contributed by atoms with Crippen molar-refractivity contribution in [2.24, 2.45) is 5.92 Å². The van der Waals surface area contributed by atoms with Gasteiger partial charge < -0.3 is 5.11 Å². The lowest BCUT2D eigenvalue weighted by molar-refractivity contribution is -0.155. The molecular weight excluding hydrogens is 216 g/mol. The highest BCUT2D eigenvalue weighted by Gasteiger charge is 2.45. The average molecular weight is 236 g/mol. The summed E-state index contributed by atoms with van der Waals surface area (Å²) < 4.78 is 0. The Labute approximate surface area is 102 Å². The highest BCUT2D eigenvalue weighted by Crippen LogP contribution is 2.36. The maximum absolute atomic E-state index is 11.6. The van der Waals surface area contributed by atoms with Crippen molar-refractivity contribution in [2.75, 3.05) is 13.1 Å². The first kappa shape index (κ1) is 12.4. The van der Waals surface area contributed by atoms with Gasteiger partial charge in [-0.2, -0.15) is 5.26 Å². The summed E-state index contributed by atoms with van der Waals surface area (Å²) in [6.07, 6.45) is 6.40. The van der Waals surface area contributed by atoms with Crippen LogP contribution in [0.2, 0.25) is 0 Å². The lowest BCUT2D eigenvalue weighted by atomic mass is 9.78. The Bertz CT molecular complexity index is 321. The third kappa shape index (κ3) is 2.30.